The van der Waals surface area contributed by atoms with Crippen LogP contribution in [0.4, 0.5) is 51.2 Å². The van der Waals surface area contributed by atoms with Crippen LogP contribution >= 0.6 is 0 Å². The number of benzene rings is 5. The molecule has 22 nitrogen and oxygen atoms in total. The lowest BCUT2D eigenvalue weighted by Crippen LogP contribution is -2.08. The van der Waals surface area contributed by atoms with Gasteiger partial charge in [0.05, 0.1) is 70.7 Å². The van der Waals surface area contributed by atoms with Crippen molar-refractivity contribution in [3.05, 3.63) is 82.9 Å². The number of carboxylic acid groups (broad SMARTS) is 2. The first-order valence-corrected chi connectivity index (χ1v) is 21.0. The molecule has 62 heavy (non-hydrogen) atoms. The van der Waals surface area contributed by atoms with Gasteiger partial charge in [-0.05, 0) is 91.0 Å². The molecule has 24 heteroatoms. The van der Waals surface area contributed by atoms with E-state index in [0.29, 0.717) is 65.9 Å². The van der Waals surface area contributed by atoms with E-state index in [2.05, 4.69) is 41.3 Å². The number of rotatable bonds is 16. The lowest BCUT2D eigenvalue weighted by atomic mass is 10.1. The normalized spacial score (nSPS) is 16.4. The number of nitrogen functional groups attached to an aromatic ring is 1. The number of nitrogens with one attached hydrogen (secondary N) is 2. The summed E-state index contributed by atoms with van der Waals surface area (Å²) in [5.41, 5.74) is 7.33. The number of epoxide rings is 2. The lowest BCUT2D eigenvalue weighted by Gasteiger charge is -2.13. The van der Waals surface area contributed by atoms with E-state index in [-0.39, 0.29) is 45.5 Å². The molecule has 2 heterocycles. The molecule has 0 saturated carbocycles. The van der Waals surface area contributed by atoms with E-state index in [9.17, 15) is 50.8 Å². The minimum Gasteiger partial charge on any atom is -0.505 e. The maximum Gasteiger partial charge on any atom is 0.335 e. The van der Waals surface area contributed by atoms with Gasteiger partial charge in [0.25, 0.3) is 20.2 Å². The van der Waals surface area contributed by atoms with Gasteiger partial charge in [-0.25, -0.2) is 9.59 Å². The molecule has 2 atom stereocenters. The molecule has 2 aliphatic heterocycles. The Hall–Kier alpha value is -6.96. The molecule has 322 valence electrons. The number of phenolic OH excluding ortho intramolecular Hbond substituents is 1. The Balaban J connectivity index is 1.24. The molecule has 5 aromatic rings. The number of nitrogens with zero attached hydrogens (tertiary/aromatic N) is 6. The van der Waals surface area contributed by atoms with Crippen LogP contribution in [0.2, 0.25) is 0 Å². The number of aromatic hydroxyl groups is 1. The van der Waals surface area contributed by atoms with Crippen LogP contribution in [0.3, 0.4) is 0 Å². The lowest BCUT2D eigenvalue weighted by molar-refractivity contribution is 0.0696. The molecule has 7 rings (SSSR count). The zero-order valence-corrected chi connectivity index (χ0v) is 34.0. The van der Waals surface area contributed by atoms with Gasteiger partial charge in [0.2, 0.25) is 0 Å². The Kier molecular flexibility index (Phi) is 11.7. The van der Waals surface area contributed by atoms with E-state index < -0.39 is 59.1 Å². The molecule has 2 fully saturated rings. The van der Waals surface area contributed by atoms with Gasteiger partial charge in [0.15, 0.2) is 5.75 Å². The molecule has 5 aromatic carbocycles. The van der Waals surface area contributed by atoms with Crippen molar-refractivity contribution >= 4 is 94.1 Å². The second kappa shape index (κ2) is 16.8. The van der Waals surface area contributed by atoms with Crippen molar-refractivity contribution in [3.63, 3.8) is 0 Å². The topological polar surface area (TPSA) is 353 Å². The Labute approximate surface area is 351 Å². The fourth-order valence-electron chi connectivity index (χ4n) is 5.99. The highest BCUT2D eigenvalue weighted by molar-refractivity contribution is 7.86. The fourth-order valence-corrected chi connectivity index (χ4v) is 7.28. The maximum absolute atomic E-state index is 12.5. The number of azo groups is 3. The summed E-state index contributed by atoms with van der Waals surface area (Å²) in [4.78, 5) is 21.5. The van der Waals surface area contributed by atoms with E-state index in [1.807, 2.05) is 0 Å². The second-order valence-corrected chi connectivity index (χ2v) is 16.9. The van der Waals surface area contributed by atoms with Crippen LogP contribution in [0.1, 0.15) is 31.8 Å². The average molecular weight is 890 g/mol. The summed E-state index contributed by atoms with van der Waals surface area (Å²) in [6.45, 7) is 5.24. The first kappa shape index (κ1) is 43.1. The second-order valence-electron chi connectivity index (χ2n) is 14.1. The van der Waals surface area contributed by atoms with Gasteiger partial charge < -0.3 is 41.2 Å². The van der Waals surface area contributed by atoms with Gasteiger partial charge in [-0.3, -0.25) is 9.11 Å². The molecule has 0 aromatic heterocycles. The van der Waals surface area contributed by atoms with Crippen LogP contribution in [-0.4, -0.2) is 91.7 Å². The van der Waals surface area contributed by atoms with Gasteiger partial charge in [-0.15, -0.1) is 15.3 Å². The number of nitrogens with two attached hydrogens (primary N) is 1. The Morgan fingerprint density at radius 3 is 1.58 bits per heavy atom. The van der Waals surface area contributed by atoms with Gasteiger partial charge in [-0.2, -0.15) is 32.2 Å². The third kappa shape index (κ3) is 9.97. The third-order valence-corrected chi connectivity index (χ3v) is 11.2. The van der Waals surface area contributed by atoms with Gasteiger partial charge >= 0.3 is 11.9 Å². The van der Waals surface area contributed by atoms with Gasteiger partial charge in [0, 0.05) is 18.5 Å². The number of aryl methyl sites for hydroxylation is 2. The highest BCUT2D eigenvalue weighted by Gasteiger charge is 2.26. The molecular weight excluding hydrogens is 855 g/mol. The van der Waals surface area contributed by atoms with Crippen LogP contribution in [0, 0.1) is 13.8 Å². The minimum atomic E-state index is -5.10. The number of aromatic carboxylic acids is 2. The van der Waals surface area contributed by atoms with Crippen LogP contribution < -0.4 is 16.4 Å². The molecule has 0 aliphatic carbocycles. The number of carbonyl (C=O) groups is 2. The van der Waals surface area contributed by atoms with Crippen LogP contribution in [0.15, 0.2) is 101 Å². The first-order valence-electron chi connectivity index (χ1n) is 18.2. The van der Waals surface area contributed by atoms with E-state index >= 15 is 0 Å². The molecule has 2 aliphatic rings. The fraction of sp³-hybridized carbons (Fsp3) is 0.211. The van der Waals surface area contributed by atoms with Crippen LogP contribution in [0.5, 0.6) is 5.75 Å². The summed E-state index contributed by atoms with van der Waals surface area (Å²) in [5, 5.41) is 61.8. The molecule has 2 unspecified atom stereocenters. The molecule has 0 spiro atoms. The van der Waals surface area contributed by atoms with E-state index in [1.54, 1.807) is 38.1 Å². The van der Waals surface area contributed by atoms with Crippen molar-refractivity contribution in [2.75, 3.05) is 42.7 Å². The van der Waals surface area contributed by atoms with Crippen molar-refractivity contribution in [2.45, 2.75) is 35.8 Å². The zero-order valence-electron chi connectivity index (χ0n) is 32.3. The van der Waals surface area contributed by atoms with Crippen molar-refractivity contribution in [1.82, 2.24) is 0 Å². The SMILES string of the molecule is Cc1cc(N=Nc2cc(NCC3CO3)c(N=Nc3c(S(=O)(=O)O)cc4cc(S(=O)(=O)O)c(N)cc4c3O)cc2C)c(NCC2CO2)cc1N=Nc1cc(C(=O)O)cc(C(=O)O)c1. The van der Waals surface area contributed by atoms with Crippen molar-refractivity contribution in [3.8, 4) is 5.75 Å². The summed E-state index contributed by atoms with van der Waals surface area (Å²) in [5.74, 6) is -3.47. The first-order chi connectivity index (χ1) is 29.2. The molecule has 0 radical (unpaired) electrons. The van der Waals surface area contributed by atoms with Crippen molar-refractivity contribution in [1.29, 1.82) is 0 Å². The third-order valence-electron chi connectivity index (χ3n) is 9.42. The van der Waals surface area contributed by atoms with Gasteiger partial charge in [0.1, 0.15) is 26.9 Å². The summed E-state index contributed by atoms with van der Waals surface area (Å²) < 4.78 is 79.0. The van der Waals surface area contributed by atoms with E-state index in [1.165, 1.54) is 12.1 Å². The highest BCUT2D eigenvalue weighted by Crippen LogP contribution is 2.44. The number of phenols is 1. The van der Waals surface area contributed by atoms with Gasteiger partial charge in [-0.1, -0.05) is 0 Å². The number of hydrogen-bond acceptors (Lipinski definition) is 18. The van der Waals surface area contributed by atoms with E-state index in [4.69, 9.17) is 15.2 Å². The Bertz CT molecular complexity index is 2970. The highest BCUT2D eigenvalue weighted by atomic mass is 32.2. The van der Waals surface area contributed by atoms with Crippen LogP contribution in [0.25, 0.3) is 10.8 Å². The van der Waals surface area contributed by atoms with E-state index in [0.717, 1.165) is 24.3 Å². The van der Waals surface area contributed by atoms with Crippen molar-refractivity contribution < 1.29 is 60.3 Å². The monoisotopic (exact) mass is 889 g/mol. The Morgan fingerprint density at radius 2 is 1.11 bits per heavy atom. The summed E-state index contributed by atoms with van der Waals surface area (Å²) in [6.07, 6.45) is -0.142. The van der Waals surface area contributed by atoms with Crippen molar-refractivity contribution in [2.24, 2.45) is 30.7 Å². The smallest absolute Gasteiger partial charge is 0.335 e. The molecular formula is C38H35N9O13S2. The summed E-state index contributed by atoms with van der Waals surface area (Å²) in [6, 6.07) is 12.6. The maximum atomic E-state index is 12.5. The number of fused-ring (bicyclic) bond motifs is 1. The largest absolute Gasteiger partial charge is 0.505 e. The summed E-state index contributed by atoms with van der Waals surface area (Å²) in [7, 11) is -9.94. The predicted molar refractivity (Wildman–Crippen MR) is 221 cm³/mol. The number of carboxylic acids is 2. The zero-order chi connectivity index (χ0) is 44.7. The molecule has 2 saturated heterocycles. The molecule has 0 bridgehead atoms. The van der Waals surface area contributed by atoms with Crippen LogP contribution in [-0.2, 0) is 29.7 Å². The number of anilines is 3. The average Bonchev–Trinajstić information content (AvgIpc) is 4.14. The summed E-state index contributed by atoms with van der Waals surface area (Å²) >= 11 is 0. The molecule has 0 amide bonds. The number of hydrogen-bond donors (Lipinski definition) is 8. The quantitative estimate of drug-likeness (QED) is 0.0206. The predicted octanol–water partition coefficient (Wildman–Crippen LogP) is 7.50. The standard InChI is InChI=1S/C38H35N9O13S2/c1-17-3-31(29(40-13-23-15-59-23)11-27(17)43-42-22-6-20(37(49)50)5-21(7-22)38(51)52)45-44-28-12-30(41-14-24-16-60-24)32(4-18(28)2)46-47-35-34(62(56,57)58)9-19-8-33(61(53,54)55)26(39)10-25(19)36(35)48/h3-12,23-24,40-41,48H,13-16,39H2,1-2H3,(H,49,50)(H,51,52)(H,53,54,55)(H,56,57,58). The minimum absolute atomic E-state index is 0.0115. The molecule has 9 N–H and O–H groups in total. The Morgan fingerprint density at radius 1 is 0.661 bits per heavy atom. The number of ether oxygens (including phenoxy) is 2.